The van der Waals surface area contributed by atoms with Crippen LogP contribution in [-0.2, 0) is 4.74 Å². The zero-order valence-corrected chi connectivity index (χ0v) is 17.7. The molecule has 0 saturated carbocycles. The molecule has 8 heteroatoms. The van der Waals surface area contributed by atoms with Crippen LogP contribution in [0.3, 0.4) is 0 Å². The minimum Gasteiger partial charge on any atom is -0.444 e. The third kappa shape index (κ3) is 4.26. The van der Waals surface area contributed by atoms with Crippen molar-refractivity contribution in [2.45, 2.75) is 45.3 Å². The van der Waals surface area contributed by atoms with Gasteiger partial charge in [-0.3, -0.25) is 9.36 Å². The van der Waals surface area contributed by atoms with Gasteiger partial charge in [-0.25, -0.2) is 9.78 Å². The van der Waals surface area contributed by atoms with Gasteiger partial charge in [0.1, 0.15) is 5.60 Å². The number of carbonyl (C=O) groups is 1. The molecule has 0 atom stereocenters. The molecule has 27 heavy (non-hydrogen) atoms. The lowest BCUT2D eigenvalue weighted by atomic mass is 10.0. The monoisotopic (exact) mass is 436 g/mol. The molecule has 0 unspecified atom stereocenters. The molecule has 0 spiro atoms. The first-order valence-corrected chi connectivity index (χ1v) is 9.85. The maximum absolute atomic E-state index is 13.1. The zero-order valence-electron chi connectivity index (χ0n) is 16.1. The smallest absolute Gasteiger partial charge is 0.410 e. The van der Waals surface area contributed by atoms with Gasteiger partial charge in [0.15, 0.2) is 0 Å². The Kier molecular flexibility index (Phi) is 5.46. The lowest BCUT2D eigenvalue weighted by Crippen LogP contribution is -2.43. The number of hydrogen-bond acceptors (Lipinski definition) is 5. The van der Waals surface area contributed by atoms with Gasteiger partial charge in [0.2, 0.25) is 0 Å². The lowest BCUT2D eigenvalue weighted by Gasteiger charge is -2.34. The van der Waals surface area contributed by atoms with Gasteiger partial charge in [0, 0.05) is 30.7 Å². The fourth-order valence-electron chi connectivity index (χ4n) is 3.34. The van der Waals surface area contributed by atoms with E-state index in [4.69, 9.17) is 4.74 Å². The second-order valence-corrected chi connectivity index (χ2v) is 8.67. The molecule has 2 heterocycles. The quantitative estimate of drug-likeness (QED) is 0.774. The highest BCUT2D eigenvalue weighted by Gasteiger charge is 2.28. The van der Waals surface area contributed by atoms with E-state index in [1.54, 1.807) is 22.8 Å². The Labute approximate surface area is 166 Å². The largest absolute Gasteiger partial charge is 0.444 e. The summed E-state index contributed by atoms with van der Waals surface area (Å²) in [6, 6.07) is 3.73. The lowest BCUT2D eigenvalue weighted by molar-refractivity contribution is 0.0187. The van der Waals surface area contributed by atoms with E-state index in [-0.39, 0.29) is 17.7 Å². The SMILES string of the molecule is CNc1cc(Br)cc2ncn(C3CCN(C(=O)OC(C)(C)C)CC3)c(=O)c12. The van der Waals surface area contributed by atoms with Crippen molar-refractivity contribution < 1.29 is 9.53 Å². The standard InChI is InChI=1S/C19H25BrN4O3/c1-19(2,3)27-18(26)23-7-5-13(6-8-23)24-11-22-15-10-12(20)9-14(21-4)16(15)17(24)25/h9-11,13,21H,5-8H2,1-4H3. The molecule has 3 rings (SSSR count). The molecule has 2 aromatic rings. The van der Waals surface area contributed by atoms with Gasteiger partial charge in [-0.15, -0.1) is 0 Å². The van der Waals surface area contributed by atoms with Crippen molar-refractivity contribution in [2.24, 2.45) is 0 Å². The van der Waals surface area contributed by atoms with Crippen LogP contribution in [-0.4, -0.2) is 46.3 Å². The summed E-state index contributed by atoms with van der Waals surface area (Å²) in [4.78, 5) is 31.5. The third-order valence-corrected chi connectivity index (χ3v) is 5.09. The topological polar surface area (TPSA) is 76.5 Å². The van der Waals surface area contributed by atoms with Crippen LogP contribution in [0.25, 0.3) is 10.9 Å². The second-order valence-electron chi connectivity index (χ2n) is 7.75. The van der Waals surface area contributed by atoms with Crippen molar-refractivity contribution in [3.8, 4) is 0 Å². The summed E-state index contributed by atoms with van der Waals surface area (Å²) >= 11 is 3.45. The van der Waals surface area contributed by atoms with E-state index in [2.05, 4.69) is 26.2 Å². The van der Waals surface area contributed by atoms with E-state index >= 15 is 0 Å². The van der Waals surface area contributed by atoms with Crippen LogP contribution in [0.1, 0.15) is 39.7 Å². The molecule has 1 saturated heterocycles. The molecule has 1 aliphatic heterocycles. The summed E-state index contributed by atoms with van der Waals surface area (Å²) in [7, 11) is 1.79. The first kappa shape index (κ1) is 19.7. The number of nitrogens with zero attached hydrogens (tertiary/aromatic N) is 3. The molecule has 1 fully saturated rings. The van der Waals surface area contributed by atoms with E-state index in [9.17, 15) is 9.59 Å². The number of carbonyl (C=O) groups excluding carboxylic acids is 1. The molecule has 1 aromatic heterocycles. The normalized spacial score (nSPS) is 15.8. The van der Waals surface area contributed by atoms with Crippen LogP contribution in [0.15, 0.2) is 27.7 Å². The van der Waals surface area contributed by atoms with Crippen molar-refractivity contribution in [2.75, 3.05) is 25.5 Å². The highest BCUT2D eigenvalue weighted by Crippen LogP contribution is 2.27. The van der Waals surface area contributed by atoms with Crippen molar-refractivity contribution in [1.82, 2.24) is 14.5 Å². The van der Waals surface area contributed by atoms with Gasteiger partial charge >= 0.3 is 6.09 Å². The molecule has 0 bridgehead atoms. The molecule has 7 nitrogen and oxygen atoms in total. The van der Waals surface area contributed by atoms with Gasteiger partial charge in [-0.2, -0.15) is 0 Å². The van der Waals surface area contributed by atoms with E-state index in [0.717, 1.165) is 10.2 Å². The van der Waals surface area contributed by atoms with E-state index < -0.39 is 5.60 Å². The average molecular weight is 437 g/mol. The van der Waals surface area contributed by atoms with E-state index in [0.29, 0.717) is 36.8 Å². The molecular formula is C19H25BrN4O3. The molecule has 146 valence electrons. The van der Waals surface area contributed by atoms with Crippen LogP contribution in [0, 0.1) is 0 Å². The van der Waals surface area contributed by atoms with Crippen LogP contribution in [0.4, 0.5) is 10.5 Å². The van der Waals surface area contributed by atoms with Crippen LogP contribution >= 0.6 is 15.9 Å². The molecule has 1 amide bonds. The molecule has 0 radical (unpaired) electrons. The Balaban J connectivity index is 1.82. The number of piperidine rings is 1. The highest BCUT2D eigenvalue weighted by molar-refractivity contribution is 9.10. The fourth-order valence-corrected chi connectivity index (χ4v) is 3.78. The van der Waals surface area contributed by atoms with Crippen molar-refractivity contribution in [3.63, 3.8) is 0 Å². The van der Waals surface area contributed by atoms with Crippen LogP contribution in [0.5, 0.6) is 0 Å². The maximum Gasteiger partial charge on any atom is 0.410 e. The van der Waals surface area contributed by atoms with Crippen LogP contribution < -0.4 is 10.9 Å². The Morgan fingerprint density at radius 2 is 1.96 bits per heavy atom. The fraction of sp³-hybridized carbons (Fsp3) is 0.526. The number of hydrogen-bond donors (Lipinski definition) is 1. The highest BCUT2D eigenvalue weighted by atomic mass is 79.9. The Morgan fingerprint density at radius 1 is 1.30 bits per heavy atom. The summed E-state index contributed by atoms with van der Waals surface area (Å²) in [5.41, 5.74) is 0.830. The summed E-state index contributed by atoms with van der Waals surface area (Å²) in [6.45, 7) is 6.69. The average Bonchev–Trinajstić information content (AvgIpc) is 2.60. The molecule has 0 aliphatic carbocycles. The minimum absolute atomic E-state index is 0.0152. The number of rotatable bonds is 2. The first-order chi connectivity index (χ1) is 12.7. The minimum atomic E-state index is -0.509. The summed E-state index contributed by atoms with van der Waals surface area (Å²) in [6.07, 6.45) is 2.70. The number of nitrogens with one attached hydrogen (secondary N) is 1. The number of likely N-dealkylation sites (tertiary alicyclic amines) is 1. The number of aromatic nitrogens is 2. The summed E-state index contributed by atoms with van der Waals surface area (Å²) in [5.74, 6) is 0. The Bertz CT molecular complexity index is 912. The number of anilines is 1. The van der Waals surface area contributed by atoms with Crippen molar-refractivity contribution in [1.29, 1.82) is 0 Å². The van der Waals surface area contributed by atoms with E-state index in [1.165, 1.54) is 0 Å². The maximum atomic E-state index is 13.1. The van der Waals surface area contributed by atoms with Gasteiger partial charge in [0.05, 0.1) is 22.9 Å². The second kappa shape index (κ2) is 7.50. The number of benzene rings is 1. The molecule has 1 aliphatic rings. The predicted octanol–water partition coefficient (Wildman–Crippen LogP) is 3.77. The molecule has 1 N–H and O–H groups in total. The van der Waals surface area contributed by atoms with Gasteiger partial charge in [0.25, 0.3) is 5.56 Å². The Hall–Kier alpha value is -2.09. The zero-order chi connectivity index (χ0) is 19.8. The third-order valence-electron chi connectivity index (χ3n) is 4.63. The number of halogens is 1. The van der Waals surface area contributed by atoms with Gasteiger partial charge < -0.3 is 15.0 Å². The van der Waals surface area contributed by atoms with E-state index in [1.807, 2.05) is 32.9 Å². The van der Waals surface area contributed by atoms with Crippen LogP contribution in [0.2, 0.25) is 0 Å². The number of fused-ring (bicyclic) bond motifs is 1. The van der Waals surface area contributed by atoms with Gasteiger partial charge in [-0.05, 0) is 45.7 Å². The first-order valence-electron chi connectivity index (χ1n) is 9.05. The van der Waals surface area contributed by atoms with Crippen molar-refractivity contribution in [3.05, 3.63) is 33.3 Å². The number of ether oxygens (including phenoxy) is 1. The predicted molar refractivity (Wildman–Crippen MR) is 109 cm³/mol. The van der Waals surface area contributed by atoms with Crippen molar-refractivity contribution >= 4 is 38.6 Å². The molecular weight excluding hydrogens is 412 g/mol. The number of amides is 1. The van der Waals surface area contributed by atoms with Gasteiger partial charge in [-0.1, -0.05) is 15.9 Å². The summed E-state index contributed by atoms with van der Waals surface area (Å²) in [5, 5.41) is 3.65. The summed E-state index contributed by atoms with van der Waals surface area (Å²) < 4.78 is 8.00. The molecule has 1 aromatic carbocycles. The Morgan fingerprint density at radius 3 is 2.56 bits per heavy atom.